The summed E-state index contributed by atoms with van der Waals surface area (Å²) in [6.45, 7) is 9.60. The number of piperazine rings is 1. The minimum absolute atomic E-state index is 0.370. The van der Waals surface area contributed by atoms with Gasteiger partial charge < -0.3 is 14.7 Å². The lowest BCUT2D eigenvalue weighted by atomic mass is 10.0. The van der Waals surface area contributed by atoms with Gasteiger partial charge in [0.2, 0.25) is 5.91 Å². The first kappa shape index (κ1) is 18.8. The Bertz CT molecular complexity index is 594. The molecule has 5 nitrogen and oxygen atoms in total. The summed E-state index contributed by atoms with van der Waals surface area (Å²) >= 11 is 0. The van der Waals surface area contributed by atoms with Crippen LogP contribution in [0.5, 0.6) is 0 Å². The summed E-state index contributed by atoms with van der Waals surface area (Å²) in [6, 6.07) is 11.3. The van der Waals surface area contributed by atoms with E-state index in [1.54, 1.807) is 0 Å². The molecule has 0 aliphatic carbocycles. The van der Waals surface area contributed by atoms with Gasteiger partial charge in [-0.15, -0.1) is 0 Å². The van der Waals surface area contributed by atoms with Crippen LogP contribution in [-0.4, -0.2) is 85.6 Å². The van der Waals surface area contributed by atoms with Crippen LogP contribution >= 0.6 is 0 Å². The molecule has 0 spiro atoms. The molecule has 27 heavy (non-hydrogen) atoms. The third kappa shape index (κ3) is 4.82. The standard InChI is InChI=1S/C22H34N4O/c27-22(10-14-23-11-4-5-12-23)26-13-6-9-21(19-26)25-17-15-24(16-18-25)20-7-2-1-3-8-20/h1-3,7-8,21H,4-6,9-19H2/t21-/m1/s1. The lowest BCUT2D eigenvalue weighted by Crippen LogP contribution is -2.56. The molecule has 3 aliphatic rings. The Morgan fingerprint density at radius 3 is 2.37 bits per heavy atom. The van der Waals surface area contributed by atoms with Crippen molar-refractivity contribution >= 4 is 11.6 Å². The fraction of sp³-hybridized carbons (Fsp3) is 0.682. The molecule has 5 heteroatoms. The predicted octanol–water partition coefficient (Wildman–Crippen LogP) is 2.29. The molecule has 1 aromatic carbocycles. The van der Waals surface area contributed by atoms with Crippen LogP contribution in [0.25, 0.3) is 0 Å². The Balaban J connectivity index is 1.24. The number of likely N-dealkylation sites (tertiary alicyclic amines) is 2. The number of anilines is 1. The van der Waals surface area contributed by atoms with Gasteiger partial charge in [-0.2, -0.15) is 0 Å². The molecule has 0 aromatic heterocycles. The number of piperidine rings is 1. The second-order valence-corrected chi connectivity index (χ2v) is 8.29. The topological polar surface area (TPSA) is 30.0 Å². The second kappa shape index (κ2) is 9.07. The normalized spacial score (nSPS) is 25.1. The van der Waals surface area contributed by atoms with Gasteiger partial charge in [-0.25, -0.2) is 0 Å². The Kier molecular flexibility index (Phi) is 6.30. The first-order valence-corrected chi connectivity index (χ1v) is 10.8. The lowest BCUT2D eigenvalue weighted by Gasteiger charge is -2.44. The van der Waals surface area contributed by atoms with Gasteiger partial charge in [-0.1, -0.05) is 18.2 Å². The zero-order valence-electron chi connectivity index (χ0n) is 16.6. The lowest BCUT2D eigenvalue weighted by molar-refractivity contribution is -0.133. The van der Waals surface area contributed by atoms with Gasteiger partial charge in [-0.3, -0.25) is 9.69 Å². The van der Waals surface area contributed by atoms with E-state index < -0.39 is 0 Å². The molecular weight excluding hydrogens is 336 g/mol. The van der Waals surface area contributed by atoms with Crippen molar-refractivity contribution in [2.24, 2.45) is 0 Å². The minimum atomic E-state index is 0.370. The molecule has 1 aromatic rings. The van der Waals surface area contributed by atoms with Gasteiger partial charge in [0.15, 0.2) is 0 Å². The highest BCUT2D eigenvalue weighted by molar-refractivity contribution is 5.76. The molecule has 0 N–H and O–H groups in total. The van der Waals surface area contributed by atoms with Crippen LogP contribution in [0, 0.1) is 0 Å². The van der Waals surface area contributed by atoms with Crippen molar-refractivity contribution in [3.8, 4) is 0 Å². The molecule has 1 atom stereocenters. The summed E-state index contributed by atoms with van der Waals surface area (Å²) in [5.41, 5.74) is 1.33. The van der Waals surface area contributed by atoms with Crippen LogP contribution in [0.1, 0.15) is 32.1 Å². The molecule has 0 radical (unpaired) electrons. The number of hydrogen-bond donors (Lipinski definition) is 0. The van der Waals surface area contributed by atoms with Crippen molar-refractivity contribution in [1.29, 1.82) is 0 Å². The summed E-state index contributed by atoms with van der Waals surface area (Å²) in [5.74, 6) is 0.370. The molecule has 0 bridgehead atoms. The van der Waals surface area contributed by atoms with E-state index in [4.69, 9.17) is 0 Å². The van der Waals surface area contributed by atoms with E-state index in [2.05, 4.69) is 49.9 Å². The first-order chi connectivity index (χ1) is 13.3. The number of benzene rings is 1. The van der Waals surface area contributed by atoms with E-state index in [0.717, 1.165) is 52.2 Å². The fourth-order valence-corrected chi connectivity index (χ4v) is 4.88. The second-order valence-electron chi connectivity index (χ2n) is 8.29. The quantitative estimate of drug-likeness (QED) is 0.796. The Morgan fingerprint density at radius 2 is 1.63 bits per heavy atom. The average Bonchev–Trinajstić information content (AvgIpc) is 3.27. The van der Waals surface area contributed by atoms with Crippen LogP contribution in [0.3, 0.4) is 0 Å². The zero-order valence-corrected chi connectivity index (χ0v) is 16.6. The summed E-state index contributed by atoms with van der Waals surface area (Å²) in [7, 11) is 0. The SMILES string of the molecule is O=C(CCN1CCCC1)N1CCC[C@@H](N2CCN(c3ccccc3)CC2)C1. The molecule has 4 rings (SSSR count). The molecule has 148 valence electrons. The predicted molar refractivity (Wildman–Crippen MR) is 110 cm³/mol. The number of hydrogen-bond acceptors (Lipinski definition) is 4. The van der Waals surface area contributed by atoms with Gasteiger partial charge in [0.25, 0.3) is 0 Å². The van der Waals surface area contributed by atoms with Crippen molar-refractivity contribution in [2.75, 3.05) is 63.8 Å². The van der Waals surface area contributed by atoms with Crippen molar-refractivity contribution in [2.45, 2.75) is 38.1 Å². The van der Waals surface area contributed by atoms with Gasteiger partial charge in [0.1, 0.15) is 0 Å². The molecule has 3 heterocycles. The van der Waals surface area contributed by atoms with Crippen molar-refractivity contribution in [3.63, 3.8) is 0 Å². The molecule has 3 aliphatic heterocycles. The number of amides is 1. The third-order valence-electron chi connectivity index (χ3n) is 6.54. The largest absolute Gasteiger partial charge is 0.369 e. The van der Waals surface area contributed by atoms with Gasteiger partial charge in [0, 0.05) is 64.0 Å². The van der Waals surface area contributed by atoms with E-state index in [1.165, 1.54) is 38.0 Å². The van der Waals surface area contributed by atoms with E-state index in [9.17, 15) is 4.79 Å². The van der Waals surface area contributed by atoms with Crippen LogP contribution in [0.4, 0.5) is 5.69 Å². The van der Waals surface area contributed by atoms with Crippen molar-refractivity contribution in [3.05, 3.63) is 30.3 Å². The number of carbonyl (C=O) groups excluding carboxylic acids is 1. The van der Waals surface area contributed by atoms with E-state index in [0.29, 0.717) is 18.4 Å². The van der Waals surface area contributed by atoms with Crippen molar-refractivity contribution in [1.82, 2.24) is 14.7 Å². The number of carbonyl (C=O) groups is 1. The Hall–Kier alpha value is -1.59. The van der Waals surface area contributed by atoms with Crippen molar-refractivity contribution < 1.29 is 4.79 Å². The Labute approximate surface area is 163 Å². The molecule has 0 saturated carbocycles. The summed E-state index contributed by atoms with van der Waals surface area (Å²) in [4.78, 5) is 22.4. The first-order valence-electron chi connectivity index (χ1n) is 10.8. The monoisotopic (exact) mass is 370 g/mol. The maximum atomic E-state index is 12.7. The molecule has 3 saturated heterocycles. The van der Waals surface area contributed by atoms with Crippen LogP contribution < -0.4 is 4.90 Å². The fourth-order valence-electron chi connectivity index (χ4n) is 4.88. The molecule has 3 fully saturated rings. The number of para-hydroxylation sites is 1. The summed E-state index contributed by atoms with van der Waals surface area (Å²) in [6.07, 6.45) is 5.69. The number of rotatable bonds is 5. The molecule has 1 amide bonds. The van der Waals surface area contributed by atoms with E-state index >= 15 is 0 Å². The maximum absolute atomic E-state index is 12.7. The van der Waals surface area contributed by atoms with Gasteiger partial charge >= 0.3 is 0 Å². The van der Waals surface area contributed by atoms with Crippen LogP contribution in [0.15, 0.2) is 30.3 Å². The van der Waals surface area contributed by atoms with Crippen LogP contribution in [0.2, 0.25) is 0 Å². The zero-order chi connectivity index (χ0) is 18.5. The molecule has 0 unspecified atom stereocenters. The highest BCUT2D eigenvalue weighted by Crippen LogP contribution is 2.21. The molecular formula is C22H34N4O. The third-order valence-corrected chi connectivity index (χ3v) is 6.54. The van der Waals surface area contributed by atoms with E-state index in [-0.39, 0.29) is 0 Å². The van der Waals surface area contributed by atoms with Crippen LogP contribution in [-0.2, 0) is 4.79 Å². The average molecular weight is 371 g/mol. The van der Waals surface area contributed by atoms with Gasteiger partial charge in [-0.05, 0) is 50.9 Å². The summed E-state index contributed by atoms with van der Waals surface area (Å²) in [5, 5.41) is 0. The minimum Gasteiger partial charge on any atom is -0.369 e. The highest BCUT2D eigenvalue weighted by Gasteiger charge is 2.30. The maximum Gasteiger partial charge on any atom is 0.223 e. The summed E-state index contributed by atoms with van der Waals surface area (Å²) < 4.78 is 0. The highest BCUT2D eigenvalue weighted by atomic mass is 16.2. The van der Waals surface area contributed by atoms with Gasteiger partial charge in [0.05, 0.1) is 0 Å². The smallest absolute Gasteiger partial charge is 0.223 e. The Morgan fingerprint density at radius 1 is 0.889 bits per heavy atom. The van der Waals surface area contributed by atoms with E-state index in [1.807, 2.05) is 0 Å². The number of nitrogens with zero attached hydrogens (tertiary/aromatic N) is 4.